The van der Waals surface area contributed by atoms with Crippen LogP contribution >= 0.6 is 0 Å². The van der Waals surface area contributed by atoms with Crippen molar-refractivity contribution in [3.63, 3.8) is 0 Å². The van der Waals surface area contributed by atoms with Gasteiger partial charge in [0.1, 0.15) is 5.82 Å². The first-order valence-corrected chi connectivity index (χ1v) is 5.08. The summed E-state index contributed by atoms with van der Waals surface area (Å²) in [5.41, 5.74) is 0.598. The van der Waals surface area contributed by atoms with E-state index in [2.05, 4.69) is 10.6 Å². The molecule has 0 amide bonds. The lowest BCUT2D eigenvalue weighted by Crippen LogP contribution is -2.29. The zero-order valence-corrected chi connectivity index (χ0v) is 8.09. The van der Waals surface area contributed by atoms with Crippen molar-refractivity contribution in [1.29, 1.82) is 0 Å². The van der Waals surface area contributed by atoms with E-state index in [4.69, 9.17) is 0 Å². The van der Waals surface area contributed by atoms with Crippen molar-refractivity contribution < 1.29 is 4.39 Å². The minimum atomic E-state index is -0.175. The van der Waals surface area contributed by atoms with E-state index in [1.807, 2.05) is 6.07 Å². The van der Waals surface area contributed by atoms with Crippen LogP contribution in [0, 0.1) is 5.82 Å². The number of rotatable bonds is 3. The zero-order chi connectivity index (χ0) is 9.80. The molecule has 0 bridgehead atoms. The lowest BCUT2D eigenvalue weighted by atomic mass is 10.2. The molecule has 76 valence electrons. The van der Waals surface area contributed by atoms with Crippen molar-refractivity contribution in [2.45, 2.75) is 18.9 Å². The van der Waals surface area contributed by atoms with Crippen LogP contribution in [0.25, 0.3) is 0 Å². The third-order valence-corrected chi connectivity index (χ3v) is 2.58. The summed E-state index contributed by atoms with van der Waals surface area (Å²) in [6.45, 7) is 1.89. The normalized spacial score (nSPS) is 21.1. The lowest BCUT2D eigenvalue weighted by molar-refractivity contribution is 0.613. The Morgan fingerprint density at radius 3 is 3.00 bits per heavy atom. The molecule has 1 aliphatic heterocycles. The Kier molecular flexibility index (Phi) is 2.99. The number of hydrogen-bond donors (Lipinski definition) is 2. The first kappa shape index (κ1) is 9.46. The van der Waals surface area contributed by atoms with Gasteiger partial charge in [-0.05, 0) is 31.5 Å². The molecule has 2 nitrogen and oxygen atoms in total. The molecule has 0 radical (unpaired) electrons. The summed E-state index contributed by atoms with van der Waals surface area (Å²) in [6.07, 6.45) is 2.41. The molecule has 14 heavy (non-hydrogen) atoms. The molecule has 3 heteroatoms. The van der Waals surface area contributed by atoms with Crippen LogP contribution in [0.2, 0.25) is 0 Å². The van der Waals surface area contributed by atoms with Crippen molar-refractivity contribution in [2.75, 3.05) is 18.4 Å². The van der Waals surface area contributed by atoms with Crippen LogP contribution in [0.5, 0.6) is 0 Å². The van der Waals surface area contributed by atoms with E-state index in [-0.39, 0.29) is 5.82 Å². The van der Waals surface area contributed by atoms with Crippen LogP contribution in [0.4, 0.5) is 10.1 Å². The van der Waals surface area contributed by atoms with E-state index in [9.17, 15) is 4.39 Å². The molecule has 1 aromatic rings. The van der Waals surface area contributed by atoms with Gasteiger partial charge in [-0.25, -0.2) is 4.39 Å². The monoisotopic (exact) mass is 194 g/mol. The van der Waals surface area contributed by atoms with Crippen molar-refractivity contribution in [3.8, 4) is 0 Å². The maximum atomic E-state index is 13.2. The molecule has 1 fully saturated rings. The van der Waals surface area contributed by atoms with Crippen LogP contribution < -0.4 is 10.6 Å². The van der Waals surface area contributed by atoms with Gasteiger partial charge in [-0.2, -0.15) is 0 Å². The second-order valence-electron chi connectivity index (χ2n) is 3.65. The molecule has 1 atom stereocenters. The summed E-state index contributed by atoms with van der Waals surface area (Å²) in [6, 6.07) is 7.28. The molecule has 1 saturated heterocycles. The van der Waals surface area contributed by atoms with E-state index in [1.165, 1.54) is 18.9 Å². The Morgan fingerprint density at radius 1 is 1.43 bits per heavy atom. The Morgan fingerprint density at radius 2 is 2.29 bits per heavy atom. The van der Waals surface area contributed by atoms with Gasteiger partial charge in [0.25, 0.3) is 0 Å². The third-order valence-electron chi connectivity index (χ3n) is 2.58. The van der Waals surface area contributed by atoms with Gasteiger partial charge in [0.15, 0.2) is 0 Å². The fourth-order valence-electron chi connectivity index (χ4n) is 1.77. The summed E-state index contributed by atoms with van der Waals surface area (Å²) >= 11 is 0. The topological polar surface area (TPSA) is 24.1 Å². The van der Waals surface area contributed by atoms with E-state index in [0.717, 1.165) is 13.1 Å². The Bertz CT molecular complexity index is 295. The summed E-state index contributed by atoms with van der Waals surface area (Å²) in [5.74, 6) is -0.175. The van der Waals surface area contributed by atoms with Gasteiger partial charge in [-0.1, -0.05) is 12.1 Å². The first-order valence-electron chi connectivity index (χ1n) is 5.08. The largest absolute Gasteiger partial charge is 0.381 e. The van der Waals surface area contributed by atoms with Crippen molar-refractivity contribution in [3.05, 3.63) is 30.1 Å². The summed E-state index contributed by atoms with van der Waals surface area (Å²) < 4.78 is 13.2. The Hall–Kier alpha value is -1.09. The molecular formula is C11H15FN2. The number of hydrogen-bond acceptors (Lipinski definition) is 2. The average molecular weight is 194 g/mol. The van der Waals surface area contributed by atoms with E-state index < -0.39 is 0 Å². The van der Waals surface area contributed by atoms with E-state index in [0.29, 0.717) is 11.7 Å². The maximum Gasteiger partial charge on any atom is 0.146 e. The molecular weight excluding hydrogens is 179 g/mol. The van der Waals surface area contributed by atoms with Gasteiger partial charge in [0.05, 0.1) is 5.69 Å². The highest BCUT2D eigenvalue weighted by Gasteiger charge is 2.13. The quantitative estimate of drug-likeness (QED) is 0.769. The summed E-state index contributed by atoms with van der Waals surface area (Å²) in [4.78, 5) is 0. The third kappa shape index (κ3) is 2.23. The van der Waals surface area contributed by atoms with Crippen LogP contribution in [0.1, 0.15) is 12.8 Å². The van der Waals surface area contributed by atoms with Crippen LogP contribution in [0.15, 0.2) is 24.3 Å². The van der Waals surface area contributed by atoms with Crippen LogP contribution in [-0.4, -0.2) is 19.1 Å². The lowest BCUT2D eigenvalue weighted by Gasteiger charge is -2.12. The van der Waals surface area contributed by atoms with E-state index >= 15 is 0 Å². The van der Waals surface area contributed by atoms with Gasteiger partial charge < -0.3 is 10.6 Å². The number of para-hydroxylation sites is 1. The molecule has 0 unspecified atom stereocenters. The SMILES string of the molecule is Fc1ccccc1NC[C@H]1CCCN1. The fraction of sp³-hybridized carbons (Fsp3) is 0.455. The molecule has 0 spiro atoms. The predicted octanol–water partition coefficient (Wildman–Crippen LogP) is 1.99. The molecule has 1 aromatic carbocycles. The number of halogens is 1. The molecule has 2 rings (SSSR count). The minimum absolute atomic E-state index is 0.175. The van der Waals surface area contributed by atoms with Gasteiger partial charge in [0.2, 0.25) is 0 Å². The number of anilines is 1. The second-order valence-corrected chi connectivity index (χ2v) is 3.65. The summed E-state index contributed by atoms with van der Waals surface area (Å²) in [7, 11) is 0. The molecule has 0 saturated carbocycles. The first-order chi connectivity index (χ1) is 6.86. The van der Waals surface area contributed by atoms with Gasteiger partial charge >= 0.3 is 0 Å². The van der Waals surface area contributed by atoms with Crippen molar-refractivity contribution in [1.82, 2.24) is 5.32 Å². The molecule has 1 aliphatic rings. The molecule has 2 N–H and O–H groups in total. The maximum absolute atomic E-state index is 13.2. The Balaban J connectivity index is 1.88. The van der Waals surface area contributed by atoms with Gasteiger partial charge in [0, 0.05) is 12.6 Å². The molecule has 0 aliphatic carbocycles. The molecule has 0 aromatic heterocycles. The predicted molar refractivity (Wildman–Crippen MR) is 55.9 cm³/mol. The molecule has 1 heterocycles. The number of nitrogens with one attached hydrogen (secondary N) is 2. The van der Waals surface area contributed by atoms with Crippen molar-refractivity contribution >= 4 is 5.69 Å². The van der Waals surface area contributed by atoms with Gasteiger partial charge in [-0.15, -0.1) is 0 Å². The van der Waals surface area contributed by atoms with E-state index in [1.54, 1.807) is 12.1 Å². The van der Waals surface area contributed by atoms with Gasteiger partial charge in [-0.3, -0.25) is 0 Å². The average Bonchev–Trinajstić information content (AvgIpc) is 2.69. The highest BCUT2D eigenvalue weighted by molar-refractivity contribution is 5.44. The standard InChI is InChI=1S/C11H15FN2/c12-10-5-1-2-6-11(10)14-8-9-4-3-7-13-9/h1-2,5-6,9,13-14H,3-4,7-8H2/t9-/m1/s1. The Labute approximate surface area is 83.5 Å². The smallest absolute Gasteiger partial charge is 0.146 e. The second kappa shape index (κ2) is 4.42. The van der Waals surface area contributed by atoms with Crippen LogP contribution in [0.3, 0.4) is 0 Å². The highest BCUT2D eigenvalue weighted by atomic mass is 19.1. The zero-order valence-electron chi connectivity index (χ0n) is 8.09. The number of benzene rings is 1. The summed E-state index contributed by atoms with van der Waals surface area (Å²) in [5, 5.41) is 6.48. The highest BCUT2D eigenvalue weighted by Crippen LogP contribution is 2.13. The van der Waals surface area contributed by atoms with Crippen LogP contribution in [-0.2, 0) is 0 Å². The minimum Gasteiger partial charge on any atom is -0.381 e. The van der Waals surface area contributed by atoms with Crippen molar-refractivity contribution in [2.24, 2.45) is 0 Å². The fourth-order valence-corrected chi connectivity index (χ4v) is 1.77.